The predicted octanol–water partition coefficient (Wildman–Crippen LogP) is 3.15. The van der Waals surface area contributed by atoms with Crippen LogP contribution >= 0.6 is 11.3 Å². The van der Waals surface area contributed by atoms with Crippen LogP contribution in [0.25, 0.3) is 0 Å². The Kier molecular flexibility index (Phi) is 6.97. The maximum atomic E-state index is 4.34. The number of nitrogens with zero attached hydrogens (tertiary/aromatic N) is 2. The number of nitrogens with one attached hydrogen (secondary N) is 1. The molecule has 0 fully saturated rings. The molecule has 110 valence electrons. The van der Waals surface area contributed by atoms with E-state index in [1.165, 1.54) is 10.6 Å². The molecule has 1 atom stereocenters. The van der Waals surface area contributed by atoms with Crippen molar-refractivity contribution in [2.24, 2.45) is 11.8 Å². The zero-order valence-electron chi connectivity index (χ0n) is 13.2. The molecule has 3 nitrogen and oxygen atoms in total. The molecule has 1 unspecified atom stereocenters. The molecule has 0 aliphatic rings. The normalized spacial score (nSPS) is 13.7. The van der Waals surface area contributed by atoms with Gasteiger partial charge in [-0.3, -0.25) is 4.90 Å². The average Bonchev–Trinajstić information content (AvgIpc) is 2.69. The molecule has 0 spiro atoms. The number of thiazole rings is 1. The van der Waals surface area contributed by atoms with Crippen molar-refractivity contribution in [1.29, 1.82) is 0 Å². The van der Waals surface area contributed by atoms with Gasteiger partial charge in [0.05, 0.1) is 11.2 Å². The maximum absolute atomic E-state index is 4.34. The zero-order valence-corrected chi connectivity index (χ0v) is 14.0. The molecule has 0 saturated carbocycles. The van der Waals surface area contributed by atoms with Gasteiger partial charge in [-0.05, 0) is 32.4 Å². The van der Waals surface area contributed by atoms with Gasteiger partial charge in [-0.1, -0.05) is 27.7 Å². The molecule has 0 aromatic carbocycles. The van der Waals surface area contributed by atoms with Crippen LogP contribution in [0.15, 0.2) is 5.51 Å². The lowest BCUT2D eigenvalue weighted by atomic mass is 10.0. The molecule has 4 heteroatoms. The molecule has 1 N–H and O–H groups in total. The van der Waals surface area contributed by atoms with Crippen molar-refractivity contribution in [1.82, 2.24) is 15.2 Å². The monoisotopic (exact) mass is 283 g/mol. The molecule has 0 radical (unpaired) electrons. The van der Waals surface area contributed by atoms with Gasteiger partial charge in [0.15, 0.2) is 0 Å². The Morgan fingerprint density at radius 2 is 1.95 bits per heavy atom. The van der Waals surface area contributed by atoms with Crippen molar-refractivity contribution in [2.45, 2.75) is 47.2 Å². The standard InChI is InChI=1S/C15H29N3S/c1-11(2)7-16-8-14(12(3)4)18(6)9-15-13(5)17-10-19-15/h10-12,14,16H,7-9H2,1-6H3. The Labute approximate surface area is 122 Å². The second-order valence-electron chi connectivity index (χ2n) is 6.14. The third-order valence-corrected chi connectivity index (χ3v) is 4.40. The summed E-state index contributed by atoms with van der Waals surface area (Å²) in [6.45, 7) is 14.4. The zero-order chi connectivity index (χ0) is 14.4. The van der Waals surface area contributed by atoms with Crippen LogP contribution < -0.4 is 5.32 Å². The summed E-state index contributed by atoms with van der Waals surface area (Å²) >= 11 is 1.76. The molecule has 0 saturated heterocycles. The topological polar surface area (TPSA) is 28.2 Å². The molecule has 0 bridgehead atoms. The van der Waals surface area contributed by atoms with E-state index in [2.05, 4.69) is 56.9 Å². The number of aromatic nitrogens is 1. The van der Waals surface area contributed by atoms with Gasteiger partial charge in [0.1, 0.15) is 0 Å². The van der Waals surface area contributed by atoms with Gasteiger partial charge in [-0.15, -0.1) is 11.3 Å². The molecular formula is C15H29N3S. The number of hydrogen-bond acceptors (Lipinski definition) is 4. The Morgan fingerprint density at radius 1 is 1.26 bits per heavy atom. The van der Waals surface area contributed by atoms with Crippen LogP contribution in [0.1, 0.15) is 38.3 Å². The van der Waals surface area contributed by atoms with Gasteiger partial charge >= 0.3 is 0 Å². The maximum Gasteiger partial charge on any atom is 0.0798 e. The fourth-order valence-electron chi connectivity index (χ4n) is 2.24. The highest BCUT2D eigenvalue weighted by Crippen LogP contribution is 2.18. The third kappa shape index (κ3) is 5.59. The second kappa shape index (κ2) is 7.98. The molecule has 1 rings (SSSR count). The SMILES string of the molecule is Cc1ncsc1CN(C)C(CNCC(C)C)C(C)C. The van der Waals surface area contributed by atoms with E-state index in [9.17, 15) is 0 Å². The van der Waals surface area contributed by atoms with Crippen molar-refractivity contribution >= 4 is 11.3 Å². The molecule has 1 aromatic heterocycles. The number of likely N-dealkylation sites (N-methyl/N-ethyl adjacent to an activating group) is 1. The van der Waals surface area contributed by atoms with Crippen LogP contribution in [-0.4, -0.2) is 36.1 Å². The van der Waals surface area contributed by atoms with E-state index in [0.29, 0.717) is 17.9 Å². The molecular weight excluding hydrogens is 254 g/mol. The number of hydrogen-bond donors (Lipinski definition) is 1. The van der Waals surface area contributed by atoms with Crippen molar-refractivity contribution in [3.63, 3.8) is 0 Å². The average molecular weight is 283 g/mol. The second-order valence-corrected chi connectivity index (χ2v) is 7.08. The van der Waals surface area contributed by atoms with Crippen LogP contribution in [-0.2, 0) is 6.54 Å². The highest BCUT2D eigenvalue weighted by molar-refractivity contribution is 7.09. The first-order chi connectivity index (χ1) is 8.91. The highest BCUT2D eigenvalue weighted by Gasteiger charge is 2.19. The van der Waals surface area contributed by atoms with E-state index in [1.54, 1.807) is 11.3 Å². The summed E-state index contributed by atoms with van der Waals surface area (Å²) in [6.07, 6.45) is 0. The van der Waals surface area contributed by atoms with E-state index >= 15 is 0 Å². The van der Waals surface area contributed by atoms with Crippen LogP contribution in [0.3, 0.4) is 0 Å². The van der Waals surface area contributed by atoms with Crippen molar-refractivity contribution in [3.8, 4) is 0 Å². The van der Waals surface area contributed by atoms with Crippen LogP contribution in [0, 0.1) is 18.8 Å². The van der Waals surface area contributed by atoms with E-state index < -0.39 is 0 Å². The minimum atomic E-state index is 0.570. The fourth-order valence-corrected chi connectivity index (χ4v) is 3.08. The summed E-state index contributed by atoms with van der Waals surface area (Å²) in [4.78, 5) is 8.18. The number of aryl methyl sites for hydroxylation is 1. The summed E-state index contributed by atoms with van der Waals surface area (Å²) in [6, 6.07) is 0.570. The Morgan fingerprint density at radius 3 is 2.42 bits per heavy atom. The molecule has 0 aliphatic heterocycles. The summed E-state index contributed by atoms with van der Waals surface area (Å²) in [5.74, 6) is 1.36. The van der Waals surface area contributed by atoms with Crippen LogP contribution in [0.5, 0.6) is 0 Å². The van der Waals surface area contributed by atoms with E-state index in [-0.39, 0.29) is 0 Å². The first-order valence-electron chi connectivity index (χ1n) is 7.21. The van der Waals surface area contributed by atoms with E-state index in [0.717, 1.165) is 19.6 Å². The lowest BCUT2D eigenvalue weighted by molar-refractivity contribution is 0.179. The smallest absolute Gasteiger partial charge is 0.0798 e. The first-order valence-corrected chi connectivity index (χ1v) is 8.09. The minimum Gasteiger partial charge on any atom is -0.315 e. The molecule has 19 heavy (non-hydrogen) atoms. The van der Waals surface area contributed by atoms with Crippen LogP contribution in [0.2, 0.25) is 0 Å². The first kappa shape index (κ1) is 16.6. The Hall–Kier alpha value is -0.450. The van der Waals surface area contributed by atoms with Gasteiger partial charge in [0, 0.05) is 24.0 Å². The lowest BCUT2D eigenvalue weighted by Gasteiger charge is -2.31. The third-order valence-electron chi connectivity index (χ3n) is 3.48. The van der Waals surface area contributed by atoms with Gasteiger partial charge in [0.2, 0.25) is 0 Å². The van der Waals surface area contributed by atoms with Crippen molar-refractivity contribution in [3.05, 3.63) is 16.1 Å². The number of rotatable bonds is 8. The van der Waals surface area contributed by atoms with Crippen molar-refractivity contribution < 1.29 is 0 Å². The van der Waals surface area contributed by atoms with Gasteiger partial charge < -0.3 is 5.32 Å². The Bertz CT molecular complexity index is 360. The molecule has 0 aliphatic carbocycles. The highest BCUT2D eigenvalue weighted by atomic mass is 32.1. The quantitative estimate of drug-likeness (QED) is 0.794. The molecule has 0 amide bonds. The van der Waals surface area contributed by atoms with E-state index in [1.807, 2.05) is 5.51 Å². The summed E-state index contributed by atoms with van der Waals surface area (Å²) in [5, 5.41) is 3.59. The van der Waals surface area contributed by atoms with Gasteiger partial charge in [0.25, 0.3) is 0 Å². The summed E-state index contributed by atoms with van der Waals surface area (Å²) in [5.41, 5.74) is 3.12. The lowest BCUT2D eigenvalue weighted by Crippen LogP contribution is -2.43. The van der Waals surface area contributed by atoms with Crippen LogP contribution in [0.4, 0.5) is 0 Å². The molecule has 1 heterocycles. The largest absolute Gasteiger partial charge is 0.315 e. The minimum absolute atomic E-state index is 0.570. The van der Waals surface area contributed by atoms with Gasteiger partial charge in [-0.2, -0.15) is 0 Å². The van der Waals surface area contributed by atoms with Crippen molar-refractivity contribution in [2.75, 3.05) is 20.1 Å². The summed E-state index contributed by atoms with van der Waals surface area (Å²) in [7, 11) is 2.22. The van der Waals surface area contributed by atoms with Gasteiger partial charge in [-0.25, -0.2) is 4.98 Å². The van der Waals surface area contributed by atoms with E-state index in [4.69, 9.17) is 0 Å². The predicted molar refractivity (Wildman–Crippen MR) is 84.7 cm³/mol. The molecule has 1 aromatic rings. The summed E-state index contributed by atoms with van der Waals surface area (Å²) < 4.78 is 0. The Balaban J connectivity index is 2.53. The fraction of sp³-hybridized carbons (Fsp3) is 0.800.